The number of fused-ring (bicyclic) bond motifs is 2. The summed E-state index contributed by atoms with van der Waals surface area (Å²) in [5.74, 6) is -0.0280. The summed E-state index contributed by atoms with van der Waals surface area (Å²) in [6, 6.07) is 9.99. The highest BCUT2D eigenvalue weighted by Crippen LogP contribution is 2.63. The molecule has 1 aliphatic carbocycles. The number of aromatic hydroxyl groups is 1. The minimum absolute atomic E-state index is 0.179. The van der Waals surface area contributed by atoms with Crippen molar-refractivity contribution in [3.8, 4) is 17.0 Å². The largest absolute Gasteiger partial charge is 0.507 e. The van der Waals surface area contributed by atoms with Crippen LogP contribution in [0.15, 0.2) is 48.7 Å². The minimum Gasteiger partial charge on any atom is -0.507 e. The maximum Gasteiger partial charge on any atom is 0.419 e. The second-order valence-corrected chi connectivity index (χ2v) is 9.40. The Hall–Kier alpha value is -3.73. The Morgan fingerprint density at radius 2 is 1.97 bits per heavy atom. The van der Waals surface area contributed by atoms with Crippen molar-refractivity contribution in [2.24, 2.45) is 17.6 Å². The van der Waals surface area contributed by atoms with E-state index in [0.29, 0.717) is 42.5 Å². The van der Waals surface area contributed by atoms with Crippen molar-refractivity contribution >= 4 is 17.0 Å². The molecule has 186 valence electrons. The van der Waals surface area contributed by atoms with Crippen molar-refractivity contribution in [2.75, 3.05) is 24.5 Å². The van der Waals surface area contributed by atoms with Gasteiger partial charge in [0.15, 0.2) is 0 Å². The van der Waals surface area contributed by atoms with Gasteiger partial charge in [0.2, 0.25) is 5.65 Å². The van der Waals surface area contributed by atoms with Crippen LogP contribution in [0, 0.1) is 17.7 Å². The predicted octanol–water partition coefficient (Wildman–Crippen LogP) is 4.24. The fourth-order valence-corrected chi connectivity index (χ4v) is 5.89. The van der Waals surface area contributed by atoms with Crippen LogP contribution in [0.4, 0.5) is 23.4 Å². The number of phenolic OH excluding ortho intramolecular Hbond substituents is 1. The Balaban J connectivity index is 1.29. The third kappa shape index (κ3) is 3.33. The van der Waals surface area contributed by atoms with Crippen LogP contribution in [0.1, 0.15) is 17.5 Å². The van der Waals surface area contributed by atoms with Gasteiger partial charge in [-0.25, -0.2) is 14.4 Å². The van der Waals surface area contributed by atoms with E-state index >= 15 is 0 Å². The number of alkyl halides is 3. The Morgan fingerprint density at radius 1 is 1.17 bits per heavy atom. The maximum absolute atomic E-state index is 14.6. The molecule has 2 aromatic heterocycles. The number of rotatable bonds is 4. The molecule has 4 aromatic rings. The number of nitrogens with zero attached hydrogens (tertiary/aromatic N) is 4. The highest BCUT2D eigenvalue weighted by atomic mass is 19.4. The molecule has 2 aliphatic rings. The van der Waals surface area contributed by atoms with Gasteiger partial charge in [-0.3, -0.25) is 5.10 Å². The number of H-pyrrole nitrogens is 1. The fraction of sp³-hybridized carbons (Fsp3) is 0.320. The summed E-state index contributed by atoms with van der Waals surface area (Å²) in [6.45, 7) is 1.69. The summed E-state index contributed by atoms with van der Waals surface area (Å²) in [5, 5.41) is 16.5. The smallest absolute Gasteiger partial charge is 0.419 e. The van der Waals surface area contributed by atoms with Crippen molar-refractivity contribution in [1.82, 2.24) is 20.2 Å². The van der Waals surface area contributed by atoms with Crippen molar-refractivity contribution in [3.05, 3.63) is 65.6 Å². The first-order valence-electron chi connectivity index (χ1n) is 11.6. The first-order chi connectivity index (χ1) is 17.2. The van der Waals surface area contributed by atoms with E-state index in [2.05, 4.69) is 25.1 Å². The van der Waals surface area contributed by atoms with Crippen molar-refractivity contribution in [3.63, 3.8) is 0 Å². The molecule has 1 saturated carbocycles. The molecule has 2 fully saturated rings. The number of halogens is 4. The molecule has 0 amide bonds. The summed E-state index contributed by atoms with van der Waals surface area (Å²) in [7, 11) is 0. The summed E-state index contributed by atoms with van der Waals surface area (Å²) in [6.07, 6.45) is -2.30. The lowest BCUT2D eigenvalue weighted by Gasteiger charge is -2.26. The van der Waals surface area contributed by atoms with Crippen molar-refractivity contribution in [2.45, 2.75) is 18.0 Å². The van der Waals surface area contributed by atoms with Crippen LogP contribution in [0.3, 0.4) is 0 Å². The molecular weight excluding hydrogens is 476 g/mol. The van der Waals surface area contributed by atoms with E-state index in [4.69, 9.17) is 5.73 Å². The van der Waals surface area contributed by atoms with Gasteiger partial charge >= 0.3 is 6.18 Å². The Kier molecular flexibility index (Phi) is 4.98. The van der Waals surface area contributed by atoms with Gasteiger partial charge in [0.1, 0.15) is 22.9 Å². The molecule has 0 unspecified atom stereocenters. The summed E-state index contributed by atoms with van der Waals surface area (Å²) in [4.78, 5) is 11.1. The number of anilines is 1. The van der Waals surface area contributed by atoms with Crippen LogP contribution in [0.5, 0.6) is 5.75 Å². The maximum atomic E-state index is 14.6. The van der Waals surface area contributed by atoms with E-state index in [-0.39, 0.29) is 28.6 Å². The molecule has 0 radical (unpaired) electrons. The Morgan fingerprint density at radius 3 is 2.72 bits per heavy atom. The summed E-state index contributed by atoms with van der Waals surface area (Å²) in [5.41, 5.74) is 6.35. The van der Waals surface area contributed by atoms with Gasteiger partial charge in [-0.15, -0.1) is 0 Å². The normalized spacial score (nSPS) is 23.6. The number of phenols is 1. The van der Waals surface area contributed by atoms with Crippen LogP contribution >= 0.6 is 0 Å². The fourth-order valence-electron chi connectivity index (χ4n) is 5.89. The lowest BCUT2D eigenvalue weighted by atomic mass is 9.91. The van der Waals surface area contributed by atoms with Gasteiger partial charge in [0.25, 0.3) is 0 Å². The number of piperidine rings is 1. The number of hydrogen-bond donors (Lipinski definition) is 3. The molecule has 1 saturated heterocycles. The second kappa shape index (κ2) is 7.89. The zero-order chi connectivity index (χ0) is 25.2. The Labute approximate surface area is 203 Å². The van der Waals surface area contributed by atoms with Gasteiger partial charge in [0, 0.05) is 30.6 Å². The molecule has 1 aliphatic heterocycles. The Bertz CT molecular complexity index is 1470. The van der Waals surface area contributed by atoms with Gasteiger partial charge in [-0.05, 0) is 48.1 Å². The van der Waals surface area contributed by atoms with Crippen molar-refractivity contribution < 1.29 is 22.7 Å². The van der Waals surface area contributed by atoms with Gasteiger partial charge < -0.3 is 15.7 Å². The number of hydrogen-bond acceptors (Lipinski definition) is 6. The van der Waals surface area contributed by atoms with Crippen LogP contribution < -0.4 is 10.6 Å². The molecule has 7 nitrogen and oxygen atoms in total. The van der Waals surface area contributed by atoms with Crippen LogP contribution in [0.2, 0.25) is 0 Å². The standard InChI is InChI=1S/C25H22F4N6O/c26-18-4-2-1-3-15(18)24(12-30)14-7-8-35(11-17(14)24)20-10-31-22-21(33-34-23(22)32-20)13-5-6-19(36)16(9-13)25(27,28)29/h1-6,9-10,14,17,36H,7-8,11-12,30H2,(H,32,33,34)/t14-,17+,24-/m1/s1. The van der Waals surface area contributed by atoms with E-state index < -0.39 is 22.9 Å². The third-order valence-corrected chi connectivity index (χ3v) is 7.71. The third-order valence-electron chi connectivity index (χ3n) is 7.71. The first-order valence-corrected chi connectivity index (χ1v) is 11.6. The molecule has 0 bridgehead atoms. The zero-order valence-electron chi connectivity index (χ0n) is 18.9. The quantitative estimate of drug-likeness (QED) is 0.364. The number of nitrogens with one attached hydrogen (secondary N) is 1. The first kappa shape index (κ1) is 22.7. The van der Waals surface area contributed by atoms with Gasteiger partial charge in [-0.2, -0.15) is 18.3 Å². The summed E-state index contributed by atoms with van der Waals surface area (Å²) >= 11 is 0. The van der Waals surface area contributed by atoms with Crippen LogP contribution in [-0.4, -0.2) is 44.9 Å². The highest BCUT2D eigenvalue weighted by molar-refractivity contribution is 5.88. The van der Waals surface area contributed by atoms with Gasteiger partial charge in [-0.1, -0.05) is 18.2 Å². The zero-order valence-corrected chi connectivity index (χ0v) is 18.9. The molecule has 3 atom stereocenters. The number of aromatic nitrogens is 4. The average Bonchev–Trinajstić information content (AvgIpc) is 3.32. The second-order valence-electron chi connectivity index (χ2n) is 9.40. The molecule has 36 heavy (non-hydrogen) atoms. The van der Waals surface area contributed by atoms with E-state index in [1.165, 1.54) is 12.1 Å². The monoisotopic (exact) mass is 498 g/mol. The average molecular weight is 498 g/mol. The van der Waals surface area contributed by atoms with Gasteiger partial charge in [0.05, 0.1) is 17.5 Å². The van der Waals surface area contributed by atoms with Crippen LogP contribution in [0.25, 0.3) is 22.4 Å². The number of benzene rings is 2. The lowest BCUT2D eigenvalue weighted by Crippen LogP contribution is -2.32. The molecule has 4 N–H and O–H groups in total. The highest BCUT2D eigenvalue weighted by Gasteiger charge is 2.66. The number of nitrogens with two attached hydrogens (primary N) is 1. The molecule has 2 aromatic carbocycles. The molecule has 3 heterocycles. The summed E-state index contributed by atoms with van der Waals surface area (Å²) < 4.78 is 54.3. The van der Waals surface area contributed by atoms with E-state index in [1.54, 1.807) is 12.3 Å². The molecule has 11 heteroatoms. The topological polar surface area (TPSA) is 104 Å². The molecule has 0 spiro atoms. The van der Waals surface area contributed by atoms with E-state index in [0.717, 1.165) is 18.6 Å². The minimum atomic E-state index is -4.70. The molecule has 6 rings (SSSR count). The molecular formula is C25H22F4N6O. The predicted molar refractivity (Wildman–Crippen MR) is 125 cm³/mol. The van der Waals surface area contributed by atoms with E-state index in [9.17, 15) is 22.7 Å². The van der Waals surface area contributed by atoms with E-state index in [1.807, 2.05) is 12.1 Å². The van der Waals surface area contributed by atoms with Crippen molar-refractivity contribution in [1.29, 1.82) is 0 Å². The lowest BCUT2D eigenvalue weighted by molar-refractivity contribution is -0.138. The van der Waals surface area contributed by atoms with Crippen LogP contribution in [-0.2, 0) is 11.6 Å². The SMILES string of the molecule is NC[C@]1(c2ccccc2F)[C@@H]2CCN(c3cnc4c(-c5ccc(O)c(C(F)(F)F)c5)[nH]nc4n3)C[C@@H]21. The number of aromatic amines is 1.